The van der Waals surface area contributed by atoms with Crippen LogP contribution in [0.25, 0.3) is 0 Å². The van der Waals surface area contributed by atoms with E-state index in [0.717, 1.165) is 38.5 Å². The number of fused-ring (bicyclic) bond motifs is 4. The van der Waals surface area contributed by atoms with E-state index in [1.54, 1.807) is 0 Å². The molecule has 0 radical (unpaired) electrons. The first-order valence-corrected chi connectivity index (χ1v) is 9.01. The summed E-state index contributed by atoms with van der Waals surface area (Å²) in [5, 5.41) is 20.2. The Balaban J connectivity index is 1.71. The maximum atomic E-state index is 11.8. The van der Waals surface area contributed by atoms with Gasteiger partial charge < -0.3 is 5.11 Å². The average molecular weight is 311 g/mol. The molecular formula is C20H25NO2. The van der Waals surface area contributed by atoms with Crippen LogP contribution in [0.15, 0.2) is 22.8 Å². The van der Waals surface area contributed by atoms with Gasteiger partial charge in [-0.15, -0.1) is 0 Å². The fourth-order valence-electron chi connectivity index (χ4n) is 5.94. The topological polar surface area (TPSA) is 61.1 Å². The number of rotatable bonds is 1. The highest BCUT2D eigenvalue weighted by Gasteiger charge is 2.59. The van der Waals surface area contributed by atoms with E-state index in [4.69, 9.17) is 5.26 Å². The lowest BCUT2D eigenvalue weighted by Gasteiger charge is -2.50. The minimum Gasteiger partial charge on any atom is -0.388 e. The zero-order valence-corrected chi connectivity index (χ0v) is 13.9. The van der Waals surface area contributed by atoms with E-state index in [1.165, 1.54) is 16.7 Å². The van der Waals surface area contributed by atoms with Gasteiger partial charge in [-0.2, -0.15) is 5.26 Å². The molecule has 4 aliphatic carbocycles. The lowest BCUT2D eigenvalue weighted by Crippen LogP contribution is -2.48. The van der Waals surface area contributed by atoms with Gasteiger partial charge in [0.15, 0.2) is 0 Å². The van der Waals surface area contributed by atoms with Crippen LogP contribution >= 0.6 is 0 Å². The molecule has 0 spiro atoms. The number of allylic oxidation sites excluding steroid dienone is 4. The van der Waals surface area contributed by atoms with Crippen LogP contribution in [0.5, 0.6) is 0 Å². The molecule has 3 nitrogen and oxygen atoms in total. The van der Waals surface area contributed by atoms with E-state index < -0.39 is 5.60 Å². The fourth-order valence-corrected chi connectivity index (χ4v) is 5.94. The van der Waals surface area contributed by atoms with E-state index in [1.807, 2.05) is 0 Å². The van der Waals surface area contributed by atoms with Crippen molar-refractivity contribution < 1.29 is 9.90 Å². The predicted molar refractivity (Wildman–Crippen MR) is 87.3 cm³/mol. The van der Waals surface area contributed by atoms with Crippen molar-refractivity contribution in [1.82, 2.24) is 0 Å². The van der Waals surface area contributed by atoms with Gasteiger partial charge in [0.25, 0.3) is 0 Å². The first-order chi connectivity index (χ1) is 11.0. The van der Waals surface area contributed by atoms with Gasteiger partial charge in [-0.05, 0) is 61.5 Å². The summed E-state index contributed by atoms with van der Waals surface area (Å²) in [5.41, 5.74) is 3.35. The molecule has 1 fully saturated rings. The standard InChI is InChI=1S/C20H25NO2/c1-19-8-6-16-15-5-3-14(22)12-13(15)2-4-17(16)18(19)7-9-20(19,23)10-11-21/h6,17-18,23H,2-5,7-10,12H2,1H3/t17-,18+,19?,20-/m1/s1. The summed E-state index contributed by atoms with van der Waals surface area (Å²) < 4.78 is 0. The molecule has 1 N–H and O–H groups in total. The Labute approximate surface area is 138 Å². The molecule has 0 aromatic heterocycles. The largest absolute Gasteiger partial charge is 0.388 e. The first kappa shape index (κ1) is 15.1. The molecule has 0 aromatic carbocycles. The number of hydrogen-bond donors (Lipinski definition) is 1. The second-order valence-corrected chi connectivity index (χ2v) is 8.24. The molecule has 122 valence electrons. The molecule has 4 rings (SSSR count). The molecule has 0 aromatic rings. The second-order valence-electron chi connectivity index (χ2n) is 8.24. The quantitative estimate of drug-likeness (QED) is 0.800. The number of nitrogens with zero attached hydrogens (tertiary/aromatic N) is 1. The third-order valence-electron chi connectivity index (χ3n) is 7.35. The highest BCUT2D eigenvalue weighted by atomic mass is 16.3. The SMILES string of the molecule is CC12CC=C3C4=C(CC[C@H]3[C@@H]1CC[C@@]2(O)CC#N)CC(=O)CC4. The van der Waals surface area contributed by atoms with Gasteiger partial charge >= 0.3 is 0 Å². The molecule has 0 aliphatic heterocycles. The number of ketones is 1. The summed E-state index contributed by atoms with van der Waals surface area (Å²) in [6, 6.07) is 2.21. The van der Waals surface area contributed by atoms with Gasteiger partial charge in [0.05, 0.1) is 18.1 Å². The predicted octanol–water partition coefficient (Wildman–Crippen LogP) is 3.84. The van der Waals surface area contributed by atoms with Crippen molar-refractivity contribution in [2.24, 2.45) is 17.3 Å². The van der Waals surface area contributed by atoms with Gasteiger partial charge in [-0.1, -0.05) is 18.6 Å². The number of Topliss-reactive ketones (excluding diaryl/α,β-unsaturated/α-hetero) is 1. The summed E-state index contributed by atoms with van der Waals surface area (Å²) in [7, 11) is 0. The Bertz CT molecular complexity index is 668. The molecule has 0 heterocycles. The minimum absolute atomic E-state index is 0.167. The Kier molecular flexibility index (Phi) is 3.32. The van der Waals surface area contributed by atoms with Crippen LogP contribution in [0, 0.1) is 28.6 Å². The molecule has 0 bridgehead atoms. The molecule has 3 heteroatoms. The number of carbonyl (C=O) groups is 1. The minimum atomic E-state index is -0.828. The van der Waals surface area contributed by atoms with Crippen molar-refractivity contribution in [1.29, 1.82) is 5.26 Å². The normalized spacial score (nSPS) is 42.5. The van der Waals surface area contributed by atoms with Gasteiger partial charge in [-0.25, -0.2) is 0 Å². The maximum Gasteiger partial charge on any atom is 0.137 e. The van der Waals surface area contributed by atoms with E-state index in [9.17, 15) is 9.90 Å². The average Bonchev–Trinajstić information content (AvgIpc) is 2.79. The molecule has 4 atom stereocenters. The van der Waals surface area contributed by atoms with Crippen LogP contribution in [0.1, 0.15) is 64.7 Å². The van der Waals surface area contributed by atoms with Crippen molar-refractivity contribution in [2.75, 3.05) is 0 Å². The van der Waals surface area contributed by atoms with E-state index >= 15 is 0 Å². The van der Waals surface area contributed by atoms with Crippen molar-refractivity contribution in [3.8, 4) is 6.07 Å². The monoisotopic (exact) mass is 311 g/mol. The summed E-state index contributed by atoms with van der Waals surface area (Å²) in [5.74, 6) is 1.40. The fraction of sp³-hybridized carbons (Fsp3) is 0.700. The van der Waals surface area contributed by atoms with Crippen molar-refractivity contribution in [2.45, 2.75) is 70.3 Å². The molecule has 1 saturated carbocycles. The van der Waals surface area contributed by atoms with E-state index in [0.29, 0.717) is 30.5 Å². The van der Waals surface area contributed by atoms with Crippen molar-refractivity contribution >= 4 is 5.78 Å². The van der Waals surface area contributed by atoms with Crippen LogP contribution in [-0.4, -0.2) is 16.5 Å². The highest BCUT2D eigenvalue weighted by molar-refractivity contribution is 5.83. The Hall–Kier alpha value is -1.40. The van der Waals surface area contributed by atoms with Crippen molar-refractivity contribution in [3.63, 3.8) is 0 Å². The number of nitriles is 1. The van der Waals surface area contributed by atoms with Crippen LogP contribution in [-0.2, 0) is 4.79 Å². The Morgan fingerprint density at radius 1 is 1.35 bits per heavy atom. The van der Waals surface area contributed by atoms with E-state index in [-0.39, 0.29) is 11.8 Å². The first-order valence-electron chi connectivity index (χ1n) is 9.01. The van der Waals surface area contributed by atoms with Gasteiger partial charge in [0.2, 0.25) is 0 Å². The van der Waals surface area contributed by atoms with Gasteiger partial charge in [0.1, 0.15) is 5.78 Å². The number of hydrogen-bond acceptors (Lipinski definition) is 3. The number of carbonyl (C=O) groups excluding carboxylic acids is 1. The molecule has 23 heavy (non-hydrogen) atoms. The zero-order chi connectivity index (χ0) is 16.2. The second kappa shape index (κ2) is 5.05. The highest BCUT2D eigenvalue weighted by Crippen LogP contribution is 2.63. The smallest absolute Gasteiger partial charge is 0.137 e. The van der Waals surface area contributed by atoms with Gasteiger partial charge in [0, 0.05) is 18.3 Å². The Morgan fingerprint density at radius 3 is 2.96 bits per heavy atom. The lowest BCUT2D eigenvalue weighted by molar-refractivity contribution is -0.118. The molecule has 1 unspecified atom stereocenters. The van der Waals surface area contributed by atoms with Crippen LogP contribution < -0.4 is 0 Å². The van der Waals surface area contributed by atoms with Crippen molar-refractivity contribution in [3.05, 3.63) is 22.8 Å². The third-order valence-corrected chi connectivity index (χ3v) is 7.35. The Morgan fingerprint density at radius 2 is 2.17 bits per heavy atom. The zero-order valence-electron chi connectivity index (χ0n) is 13.9. The van der Waals surface area contributed by atoms with Crippen LogP contribution in [0.3, 0.4) is 0 Å². The summed E-state index contributed by atoms with van der Waals surface area (Å²) >= 11 is 0. The number of aliphatic hydroxyl groups is 1. The van der Waals surface area contributed by atoms with E-state index in [2.05, 4.69) is 19.1 Å². The summed E-state index contributed by atoms with van der Waals surface area (Å²) in [6.45, 7) is 2.20. The molecular weight excluding hydrogens is 286 g/mol. The van der Waals surface area contributed by atoms with Gasteiger partial charge in [-0.3, -0.25) is 4.79 Å². The molecule has 0 amide bonds. The lowest BCUT2D eigenvalue weighted by atomic mass is 9.56. The maximum absolute atomic E-state index is 11.8. The van der Waals surface area contributed by atoms with Crippen LogP contribution in [0.2, 0.25) is 0 Å². The molecule has 0 saturated heterocycles. The summed E-state index contributed by atoms with van der Waals surface area (Å²) in [6.07, 6.45) is 9.68. The summed E-state index contributed by atoms with van der Waals surface area (Å²) in [4.78, 5) is 11.8. The van der Waals surface area contributed by atoms with Crippen LogP contribution in [0.4, 0.5) is 0 Å². The third kappa shape index (κ3) is 2.01. The molecule has 4 aliphatic rings.